The molecule has 12 rings (SSSR count). The molecule has 7 aromatic carbocycles. The standard InChI is InChI=1S/C51H36/c1-2-12-34-29-35(28-25-31(34)11-1)32-23-26-33(27-24-32)43-30-36-13-9-18-41-47(36)48-39(43)17-10-19-42(48)50-49(41)40-16-5-8-22-46(40)51(50)44-20-6-3-14-37(44)38-15-4-7-21-45(38)51/h1-7,9-21,23,25-29,32,43H,8,22,24,30H2. The number of allylic oxidation sites excluding steroid dienone is 8. The SMILES string of the molecule is C1=CC2=C(CC1)C1(c3ccccc3-c3ccccc31)c1c2c2cccc3c2c2c(cccc12)C(C1=CCC(c2ccc4ccccc4c2)C=C1)C3. The summed E-state index contributed by atoms with van der Waals surface area (Å²) in [4.78, 5) is 0. The fraction of sp³-hybridized carbons (Fsp3) is 0.137. The normalized spacial score (nSPS) is 20.3. The van der Waals surface area contributed by atoms with Crippen molar-refractivity contribution >= 4 is 37.9 Å². The van der Waals surface area contributed by atoms with Crippen LogP contribution in [0.3, 0.4) is 0 Å². The summed E-state index contributed by atoms with van der Waals surface area (Å²) in [5.41, 5.74) is 17.3. The van der Waals surface area contributed by atoms with Gasteiger partial charge in [-0.25, -0.2) is 0 Å². The monoisotopic (exact) mass is 648 g/mol. The molecule has 0 fully saturated rings. The molecule has 5 aliphatic carbocycles. The molecule has 0 aromatic heterocycles. The van der Waals surface area contributed by atoms with Crippen LogP contribution in [0.5, 0.6) is 0 Å². The van der Waals surface area contributed by atoms with Gasteiger partial charge in [0.25, 0.3) is 0 Å². The lowest BCUT2D eigenvalue weighted by molar-refractivity contribution is 0.719. The Bertz CT molecular complexity index is 2770. The van der Waals surface area contributed by atoms with Gasteiger partial charge in [-0.2, -0.15) is 0 Å². The second-order valence-electron chi connectivity index (χ2n) is 15.3. The summed E-state index contributed by atoms with van der Waals surface area (Å²) in [5.74, 6) is 0.742. The van der Waals surface area contributed by atoms with E-state index in [9.17, 15) is 0 Å². The van der Waals surface area contributed by atoms with E-state index in [0.717, 1.165) is 25.7 Å². The van der Waals surface area contributed by atoms with Crippen molar-refractivity contribution < 1.29 is 0 Å². The number of hydrogen-bond acceptors (Lipinski definition) is 0. The predicted octanol–water partition coefficient (Wildman–Crippen LogP) is 12.9. The molecular weight excluding hydrogens is 613 g/mol. The van der Waals surface area contributed by atoms with Crippen molar-refractivity contribution in [2.24, 2.45) is 0 Å². The highest BCUT2D eigenvalue weighted by Crippen LogP contribution is 2.66. The van der Waals surface area contributed by atoms with Gasteiger partial charge in [-0.05, 0) is 125 Å². The smallest absolute Gasteiger partial charge is 0.0694 e. The van der Waals surface area contributed by atoms with Crippen molar-refractivity contribution in [3.05, 3.63) is 208 Å². The van der Waals surface area contributed by atoms with Crippen LogP contribution in [-0.2, 0) is 11.8 Å². The molecule has 5 aliphatic rings. The fourth-order valence-electron chi connectivity index (χ4n) is 11.0. The molecule has 0 saturated heterocycles. The number of rotatable bonds is 2. The van der Waals surface area contributed by atoms with Gasteiger partial charge >= 0.3 is 0 Å². The molecule has 2 atom stereocenters. The van der Waals surface area contributed by atoms with Crippen molar-refractivity contribution in [1.29, 1.82) is 0 Å². The van der Waals surface area contributed by atoms with Crippen LogP contribution in [0.15, 0.2) is 169 Å². The van der Waals surface area contributed by atoms with Gasteiger partial charge in [0.05, 0.1) is 5.41 Å². The molecule has 0 N–H and O–H groups in total. The van der Waals surface area contributed by atoms with E-state index in [1.165, 1.54) is 93.5 Å². The fourth-order valence-corrected chi connectivity index (χ4v) is 11.0. The summed E-state index contributed by atoms with van der Waals surface area (Å²) in [5, 5.41) is 8.47. The lowest BCUT2D eigenvalue weighted by Crippen LogP contribution is -2.28. The average molecular weight is 649 g/mol. The van der Waals surface area contributed by atoms with Gasteiger partial charge < -0.3 is 0 Å². The zero-order chi connectivity index (χ0) is 33.3. The van der Waals surface area contributed by atoms with Crippen molar-refractivity contribution in [2.45, 2.75) is 42.9 Å². The quantitative estimate of drug-likeness (QED) is 0.164. The molecule has 0 nitrogen and oxygen atoms in total. The van der Waals surface area contributed by atoms with E-state index >= 15 is 0 Å². The Labute approximate surface area is 298 Å². The summed E-state index contributed by atoms with van der Waals surface area (Å²) in [6.45, 7) is 0. The van der Waals surface area contributed by atoms with Gasteiger partial charge in [0.1, 0.15) is 0 Å². The van der Waals surface area contributed by atoms with Crippen molar-refractivity contribution in [1.82, 2.24) is 0 Å². The van der Waals surface area contributed by atoms with E-state index in [1.807, 2.05) is 0 Å². The minimum atomic E-state index is -0.282. The number of benzene rings is 7. The van der Waals surface area contributed by atoms with Crippen LogP contribution >= 0.6 is 0 Å². The zero-order valence-electron chi connectivity index (χ0n) is 28.5. The molecule has 51 heavy (non-hydrogen) atoms. The highest BCUT2D eigenvalue weighted by Gasteiger charge is 2.54. The molecule has 0 radical (unpaired) electrons. The van der Waals surface area contributed by atoms with E-state index in [2.05, 4.69) is 158 Å². The highest BCUT2D eigenvalue weighted by molar-refractivity contribution is 6.21. The first-order valence-corrected chi connectivity index (χ1v) is 18.8. The highest BCUT2D eigenvalue weighted by atomic mass is 14.5. The van der Waals surface area contributed by atoms with Crippen LogP contribution in [0.2, 0.25) is 0 Å². The lowest BCUT2D eigenvalue weighted by Gasteiger charge is -2.36. The van der Waals surface area contributed by atoms with E-state index in [-0.39, 0.29) is 5.41 Å². The van der Waals surface area contributed by atoms with Crippen molar-refractivity contribution in [3.8, 4) is 11.1 Å². The Morgan fingerprint density at radius 2 is 1.39 bits per heavy atom. The maximum absolute atomic E-state index is 2.55. The van der Waals surface area contributed by atoms with Crippen LogP contribution in [-0.4, -0.2) is 0 Å². The summed E-state index contributed by atoms with van der Waals surface area (Å²) in [6, 6.07) is 48.7. The van der Waals surface area contributed by atoms with Gasteiger partial charge in [0.2, 0.25) is 0 Å². The Morgan fingerprint density at radius 1 is 0.627 bits per heavy atom. The molecule has 0 bridgehead atoms. The third kappa shape index (κ3) is 3.55. The van der Waals surface area contributed by atoms with Crippen LogP contribution in [0.1, 0.15) is 70.0 Å². The second-order valence-corrected chi connectivity index (χ2v) is 15.3. The van der Waals surface area contributed by atoms with Gasteiger partial charge in [-0.1, -0.05) is 158 Å². The van der Waals surface area contributed by atoms with Crippen LogP contribution in [0.4, 0.5) is 0 Å². The molecule has 2 unspecified atom stereocenters. The Hall–Kier alpha value is -5.72. The lowest BCUT2D eigenvalue weighted by atomic mass is 9.65. The van der Waals surface area contributed by atoms with Crippen molar-refractivity contribution in [2.75, 3.05) is 0 Å². The van der Waals surface area contributed by atoms with E-state index in [4.69, 9.17) is 0 Å². The summed E-state index contributed by atoms with van der Waals surface area (Å²) >= 11 is 0. The summed E-state index contributed by atoms with van der Waals surface area (Å²) < 4.78 is 0. The minimum absolute atomic E-state index is 0.282. The maximum atomic E-state index is 2.55. The van der Waals surface area contributed by atoms with E-state index in [0.29, 0.717) is 11.8 Å². The van der Waals surface area contributed by atoms with Gasteiger partial charge in [-0.3, -0.25) is 0 Å². The average Bonchev–Trinajstić information content (AvgIpc) is 3.68. The molecule has 0 aliphatic heterocycles. The van der Waals surface area contributed by atoms with Crippen molar-refractivity contribution in [3.63, 3.8) is 0 Å². The van der Waals surface area contributed by atoms with Crippen LogP contribution in [0.25, 0.3) is 49.0 Å². The van der Waals surface area contributed by atoms with Crippen LogP contribution < -0.4 is 0 Å². The van der Waals surface area contributed by atoms with E-state index < -0.39 is 0 Å². The number of fused-ring (bicyclic) bond motifs is 12. The number of hydrogen-bond donors (Lipinski definition) is 0. The molecule has 0 saturated carbocycles. The first-order valence-electron chi connectivity index (χ1n) is 18.8. The third-order valence-electron chi connectivity index (χ3n) is 13.0. The molecule has 0 amide bonds. The van der Waals surface area contributed by atoms with Gasteiger partial charge in [0, 0.05) is 11.8 Å². The topological polar surface area (TPSA) is 0 Å². The Morgan fingerprint density at radius 3 is 2.22 bits per heavy atom. The van der Waals surface area contributed by atoms with Gasteiger partial charge in [0.15, 0.2) is 0 Å². The first kappa shape index (κ1) is 28.0. The summed E-state index contributed by atoms with van der Waals surface area (Å²) in [6.07, 6.45) is 16.6. The third-order valence-corrected chi connectivity index (χ3v) is 13.0. The zero-order valence-corrected chi connectivity index (χ0v) is 28.5. The second kappa shape index (κ2) is 10.2. The minimum Gasteiger partial charge on any atom is -0.0836 e. The summed E-state index contributed by atoms with van der Waals surface area (Å²) in [7, 11) is 0. The van der Waals surface area contributed by atoms with Gasteiger partial charge in [-0.15, -0.1) is 0 Å². The molecule has 240 valence electrons. The maximum Gasteiger partial charge on any atom is 0.0694 e. The molecule has 1 spiro atoms. The first-order chi connectivity index (χ1) is 25.3. The predicted molar refractivity (Wildman–Crippen MR) is 213 cm³/mol. The molecule has 7 aromatic rings. The largest absolute Gasteiger partial charge is 0.0836 e. The molecule has 0 heterocycles. The Balaban J connectivity index is 1.08. The van der Waals surface area contributed by atoms with E-state index in [1.54, 1.807) is 5.57 Å². The molecule has 0 heteroatoms. The Kier molecular flexibility index (Phi) is 5.59. The van der Waals surface area contributed by atoms with Crippen LogP contribution in [0, 0.1) is 0 Å². The molecular formula is C51H36.